The Morgan fingerprint density at radius 1 is 0.744 bits per heavy atom. The highest BCUT2D eigenvalue weighted by Crippen LogP contribution is 2.30. The number of benzene rings is 4. The molecule has 0 spiro atoms. The maximum Gasteiger partial charge on any atom is 0.336 e. The van der Waals surface area contributed by atoms with Crippen molar-refractivity contribution in [3.05, 3.63) is 117 Å². The second-order valence-corrected chi connectivity index (χ2v) is 8.97. The summed E-state index contributed by atoms with van der Waals surface area (Å²) in [6.07, 6.45) is 2.75. The molecule has 0 aliphatic rings. The first-order valence-electron chi connectivity index (χ1n) is 12.4. The number of hydrogen-bond donors (Lipinski definition) is 3. The zero-order chi connectivity index (χ0) is 28.9. The summed E-state index contributed by atoms with van der Waals surface area (Å²) in [4.78, 5) is 42.8. The van der Waals surface area contributed by atoms with Crippen LogP contribution >= 0.6 is 0 Å². The Bertz CT molecular complexity index is 1460. The van der Waals surface area contributed by atoms with Crippen LogP contribution in [0, 0.1) is 13.8 Å². The Hall–Kier alpha value is -4.62. The number of aryl methyl sites for hydroxylation is 4. The van der Waals surface area contributed by atoms with Gasteiger partial charge >= 0.3 is 11.9 Å². The minimum Gasteiger partial charge on any atom is -0.478 e. The summed E-state index contributed by atoms with van der Waals surface area (Å²) in [6, 6.07) is 22.3. The van der Waals surface area contributed by atoms with E-state index in [1.54, 1.807) is 6.07 Å². The van der Waals surface area contributed by atoms with Crippen LogP contribution in [0.4, 0.5) is 0 Å². The molecule has 0 saturated heterocycles. The number of carboxylic acids is 2. The van der Waals surface area contributed by atoms with E-state index in [0.29, 0.717) is 30.1 Å². The first-order chi connectivity index (χ1) is 18.7. The molecule has 0 aliphatic carbocycles. The van der Waals surface area contributed by atoms with Gasteiger partial charge < -0.3 is 20.7 Å². The molecule has 7 heteroatoms. The molecular formula is C32H33NO6. The van der Waals surface area contributed by atoms with Gasteiger partial charge in [0.25, 0.3) is 0 Å². The maximum absolute atomic E-state index is 11.7. The number of carboxylic acid groups (broad SMARTS) is 2. The van der Waals surface area contributed by atoms with Crippen LogP contribution in [0.5, 0.6) is 0 Å². The van der Waals surface area contributed by atoms with Gasteiger partial charge in [-0.3, -0.25) is 4.79 Å². The van der Waals surface area contributed by atoms with Crippen molar-refractivity contribution in [2.75, 3.05) is 6.54 Å². The molecule has 0 bridgehead atoms. The molecule has 0 heterocycles. The normalized spacial score (nSPS) is 10.0. The molecule has 0 aromatic heterocycles. The monoisotopic (exact) mass is 527 g/mol. The van der Waals surface area contributed by atoms with Gasteiger partial charge in [0.1, 0.15) is 6.79 Å². The summed E-state index contributed by atoms with van der Waals surface area (Å²) in [5, 5.41) is 19.6. The van der Waals surface area contributed by atoms with Crippen LogP contribution in [0.3, 0.4) is 0 Å². The SMILES string of the molecule is C=O.Cc1cccc(CCN)c1.Cc1cccc(CCc2ccc(C(=O)O)c3c(C=O)ccc(C(=O)O)c23)c1. The van der Waals surface area contributed by atoms with Crippen LogP contribution in [0.15, 0.2) is 72.8 Å². The highest BCUT2D eigenvalue weighted by atomic mass is 16.4. The Morgan fingerprint density at radius 2 is 1.26 bits per heavy atom. The topological polar surface area (TPSA) is 135 Å². The van der Waals surface area contributed by atoms with E-state index in [4.69, 9.17) is 10.5 Å². The van der Waals surface area contributed by atoms with Crippen molar-refractivity contribution in [2.24, 2.45) is 5.73 Å². The van der Waals surface area contributed by atoms with Gasteiger partial charge in [-0.1, -0.05) is 71.8 Å². The van der Waals surface area contributed by atoms with Gasteiger partial charge in [0.05, 0.1) is 11.1 Å². The van der Waals surface area contributed by atoms with Crippen molar-refractivity contribution in [2.45, 2.75) is 33.1 Å². The van der Waals surface area contributed by atoms with E-state index in [0.717, 1.165) is 24.1 Å². The fourth-order valence-corrected chi connectivity index (χ4v) is 4.44. The number of nitrogens with two attached hydrogens (primary N) is 1. The van der Waals surface area contributed by atoms with E-state index < -0.39 is 11.9 Å². The molecule has 4 N–H and O–H groups in total. The molecule has 202 valence electrons. The third-order valence-electron chi connectivity index (χ3n) is 6.15. The molecule has 0 amide bonds. The lowest BCUT2D eigenvalue weighted by atomic mass is 9.89. The Balaban J connectivity index is 0.000000372. The number of aromatic carboxylic acids is 2. The second kappa shape index (κ2) is 15.0. The number of rotatable bonds is 8. The minimum atomic E-state index is -1.20. The molecule has 0 atom stereocenters. The second-order valence-electron chi connectivity index (χ2n) is 8.97. The first-order valence-corrected chi connectivity index (χ1v) is 12.4. The zero-order valence-electron chi connectivity index (χ0n) is 22.1. The molecule has 0 unspecified atom stereocenters. The van der Waals surface area contributed by atoms with Gasteiger partial charge in [0, 0.05) is 16.3 Å². The minimum absolute atomic E-state index is 0.00191. The van der Waals surface area contributed by atoms with Crippen LogP contribution in [-0.4, -0.2) is 41.8 Å². The van der Waals surface area contributed by atoms with Crippen molar-refractivity contribution in [1.29, 1.82) is 0 Å². The average Bonchev–Trinajstić information content (AvgIpc) is 2.92. The van der Waals surface area contributed by atoms with Crippen molar-refractivity contribution in [3.8, 4) is 0 Å². The molecule has 0 fully saturated rings. The van der Waals surface area contributed by atoms with E-state index in [1.807, 2.05) is 31.9 Å². The number of carbonyl (C=O) groups excluding carboxylic acids is 2. The first kappa shape index (κ1) is 30.6. The number of fused-ring (bicyclic) bond motifs is 1. The lowest BCUT2D eigenvalue weighted by Gasteiger charge is -2.14. The highest BCUT2D eigenvalue weighted by molar-refractivity contribution is 6.16. The fourth-order valence-electron chi connectivity index (χ4n) is 4.44. The van der Waals surface area contributed by atoms with Crippen LogP contribution in [0.2, 0.25) is 0 Å². The quantitative estimate of drug-likeness (QED) is 0.259. The van der Waals surface area contributed by atoms with Gasteiger partial charge in [-0.2, -0.15) is 0 Å². The molecule has 0 aliphatic heterocycles. The molecule has 39 heavy (non-hydrogen) atoms. The molecule has 0 radical (unpaired) electrons. The summed E-state index contributed by atoms with van der Waals surface area (Å²) in [7, 11) is 0. The van der Waals surface area contributed by atoms with E-state index in [1.165, 1.54) is 29.3 Å². The number of carbonyl (C=O) groups is 4. The predicted octanol–water partition coefficient (Wildman–Crippen LogP) is 5.45. The summed E-state index contributed by atoms with van der Waals surface area (Å²) < 4.78 is 0. The summed E-state index contributed by atoms with van der Waals surface area (Å²) in [5.74, 6) is -2.35. The fraction of sp³-hybridized carbons (Fsp3) is 0.188. The maximum atomic E-state index is 11.7. The smallest absolute Gasteiger partial charge is 0.336 e. The molecule has 0 saturated carbocycles. The highest BCUT2D eigenvalue weighted by Gasteiger charge is 2.20. The molecular weight excluding hydrogens is 494 g/mol. The third-order valence-corrected chi connectivity index (χ3v) is 6.15. The van der Waals surface area contributed by atoms with E-state index in [2.05, 4.69) is 37.3 Å². The van der Waals surface area contributed by atoms with Crippen LogP contribution in [-0.2, 0) is 24.1 Å². The number of aldehydes is 1. The molecule has 4 aromatic rings. The van der Waals surface area contributed by atoms with Crippen molar-refractivity contribution in [3.63, 3.8) is 0 Å². The summed E-state index contributed by atoms with van der Waals surface area (Å²) in [6.45, 7) is 6.84. The van der Waals surface area contributed by atoms with Crippen LogP contribution in [0.25, 0.3) is 10.8 Å². The van der Waals surface area contributed by atoms with Gasteiger partial charge in [-0.05, 0) is 68.5 Å². The summed E-state index contributed by atoms with van der Waals surface area (Å²) in [5.41, 5.74) is 11.1. The Kier molecular flexibility index (Phi) is 11.7. The van der Waals surface area contributed by atoms with Crippen molar-refractivity contribution >= 4 is 35.8 Å². The largest absolute Gasteiger partial charge is 0.478 e. The van der Waals surface area contributed by atoms with Gasteiger partial charge in [0.2, 0.25) is 0 Å². The standard InChI is InChI=1S/C22H18O5.C9H13N.CH2O/c1-13-3-2-4-14(11-13)5-6-15-7-9-18(22(26)27)20-16(12-23)8-10-17(19(15)20)21(24)25;1-8-3-2-4-9(7-8)5-6-10;1-2/h2-4,7-12H,5-6H2,1H3,(H,24,25)(H,26,27);2-4,7H,5-6,10H2,1H3;1H2. The zero-order valence-corrected chi connectivity index (χ0v) is 22.1. The summed E-state index contributed by atoms with van der Waals surface area (Å²) >= 11 is 0. The van der Waals surface area contributed by atoms with E-state index >= 15 is 0 Å². The lowest BCUT2D eigenvalue weighted by Crippen LogP contribution is -2.07. The molecule has 7 nitrogen and oxygen atoms in total. The van der Waals surface area contributed by atoms with Gasteiger partial charge in [-0.15, -0.1) is 0 Å². The predicted molar refractivity (Wildman–Crippen MR) is 153 cm³/mol. The van der Waals surface area contributed by atoms with Crippen LogP contribution in [0.1, 0.15) is 58.9 Å². The Morgan fingerprint density at radius 3 is 1.74 bits per heavy atom. The molecule has 4 aromatic carbocycles. The van der Waals surface area contributed by atoms with Crippen LogP contribution < -0.4 is 5.73 Å². The van der Waals surface area contributed by atoms with Gasteiger partial charge in [0.15, 0.2) is 6.29 Å². The molecule has 4 rings (SSSR count). The lowest BCUT2D eigenvalue weighted by molar-refractivity contribution is -0.0980. The average molecular weight is 528 g/mol. The number of hydrogen-bond acceptors (Lipinski definition) is 5. The third kappa shape index (κ3) is 8.18. The van der Waals surface area contributed by atoms with Crippen molar-refractivity contribution < 1.29 is 29.4 Å². The van der Waals surface area contributed by atoms with E-state index in [-0.39, 0.29) is 22.1 Å². The van der Waals surface area contributed by atoms with Gasteiger partial charge in [-0.25, -0.2) is 9.59 Å². The Labute approximate surface area is 227 Å². The van der Waals surface area contributed by atoms with Crippen molar-refractivity contribution in [1.82, 2.24) is 0 Å². The van der Waals surface area contributed by atoms with E-state index in [9.17, 15) is 24.6 Å².